The summed E-state index contributed by atoms with van der Waals surface area (Å²) in [6, 6.07) is 6.04. The Kier molecular flexibility index (Phi) is 6.69. The number of nitrogens with one attached hydrogen (secondary N) is 2. The van der Waals surface area contributed by atoms with E-state index in [1.807, 2.05) is 7.05 Å². The van der Waals surface area contributed by atoms with Crippen LogP contribution in [0.1, 0.15) is 44.1 Å². The van der Waals surface area contributed by atoms with Gasteiger partial charge in [0.2, 0.25) is 5.91 Å². The first-order chi connectivity index (χ1) is 13.1. The van der Waals surface area contributed by atoms with Crippen molar-refractivity contribution in [2.45, 2.75) is 44.9 Å². The second-order valence-corrected chi connectivity index (χ2v) is 7.86. The Morgan fingerprint density at radius 2 is 1.81 bits per heavy atom. The molecule has 3 rings (SSSR count). The van der Waals surface area contributed by atoms with Crippen LogP contribution in [0.4, 0.5) is 4.39 Å². The van der Waals surface area contributed by atoms with Gasteiger partial charge in [0, 0.05) is 33.2 Å². The monoisotopic (exact) mass is 374 g/mol. The van der Waals surface area contributed by atoms with Crippen molar-refractivity contribution in [1.82, 2.24) is 15.5 Å². The number of halogens is 1. The van der Waals surface area contributed by atoms with E-state index in [0.29, 0.717) is 18.5 Å². The summed E-state index contributed by atoms with van der Waals surface area (Å²) in [5, 5.41) is 6.28. The van der Waals surface area contributed by atoms with Crippen LogP contribution in [-0.4, -0.2) is 50.0 Å². The summed E-state index contributed by atoms with van der Waals surface area (Å²) in [5.41, 5.74) is 1.31. The summed E-state index contributed by atoms with van der Waals surface area (Å²) < 4.78 is 12.9. The molecule has 1 aromatic carbocycles. The Morgan fingerprint density at radius 3 is 2.52 bits per heavy atom. The van der Waals surface area contributed by atoms with Crippen molar-refractivity contribution < 1.29 is 9.18 Å². The average Bonchev–Trinajstić information content (AvgIpc) is 3.07. The largest absolute Gasteiger partial charge is 0.354 e. The van der Waals surface area contributed by atoms with E-state index in [1.54, 1.807) is 12.1 Å². The maximum atomic E-state index is 12.9. The molecule has 1 aromatic rings. The Balaban J connectivity index is 1.37. The van der Waals surface area contributed by atoms with Crippen LogP contribution in [0, 0.1) is 11.2 Å². The molecule has 5 nitrogen and oxygen atoms in total. The molecule has 0 radical (unpaired) electrons. The third-order valence-corrected chi connectivity index (χ3v) is 5.87. The SMILES string of the molecule is CN=C(NCCNC(=O)Cc1ccc(F)cc1)N1CCC2(CCCCC2)C1. The van der Waals surface area contributed by atoms with Gasteiger partial charge in [-0.15, -0.1) is 0 Å². The Labute approximate surface area is 161 Å². The van der Waals surface area contributed by atoms with Gasteiger partial charge in [0.05, 0.1) is 6.42 Å². The molecule has 27 heavy (non-hydrogen) atoms. The lowest BCUT2D eigenvalue weighted by Crippen LogP contribution is -2.44. The van der Waals surface area contributed by atoms with Crippen LogP contribution < -0.4 is 10.6 Å². The summed E-state index contributed by atoms with van der Waals surface area (Å²) in [6.45, 7) is 3.35. The molecule has 1 amide bonds. The van der Waals surface area contributed by atoms with E-state index in [4.69, 9.17) is 0 Å². The van der Waals surface area contributed by atoms with Gasteiger partial charge in [0.25, 0.3) is 0 Å². The lowest BCUT2D eigenvalue weighted by Gasteiger charge is -2.33. The zero-order chi connectivity index (χ0) is 19.1. The Hall–Kier alpha value is -2.11. The summed E-state index contributed by atoms with van der Waals surface area (Å²) in [7, 11) is 1.82. The van der Waals surface area contributed by atoms with Gasteiger partial charge in [-0.25, -0.2) is 4.39 Å². The molecule has 2 fully saturated rings. The Bertz CT molecular complexity index is 653. The number of rotatable bonds is 5. The number of carbonyl (C=O) groups is 1. The summed E-state index contributed by atoms with van der Waals surface area (Å²) in [5.74, 6) is 0.595. The van der Waals surface area contributed by atoms with Gasteiger partial charge in [-0.1, -0.05) is 31.4 Å². The molecular weight excluding hydrogens is 343 g/mol. The molecule has 0 bridgehead atoms. The number of likely N-dealkylation sites (tertiary alicyclic amines) is 1. The molecule has 1 aliphatic carbocycles. The minimum Gasteiger partial charge on any atom is -0.354 e. The minimum absolute atomic E-state index is 0.0549. The number of benzene rings is 1. The molecule has 2 N–H and O–H groups in total. The quantitative estimate of drug-likeness (QED) is 0.473. The standard InChI is InChI=1S/C21H31FN4O/c1-23-20(26-14-11-21(16-26)9-3-2-4-10-21)25-13-12-24-19(27)15-17-5-7-18(22)8-6-17/h5-8H,2-4,9-16H2,1H3,(H,23,25)(H,24,27). The second kappa shape index (κ2) is 9.20. The highest BCUT2D eigenvalue weighted by Gasteiger charge is 2.39. The summed E-state index contributed by atoms with van der Waals surface area (Å²) in [4.78, 5) is 18.8. The van der Waals surface area contributed by atoms with Crippen molar-refractivity contribution in [3.63, 3.8) is 0 Å². The minimum atomic E-state index is -0.286. The predicted molar refractivity (Wildman–Crippen MR) is 106 cm³/mol. The fourth-order valence-corrected chi connectivity index (χ4v) is 4.38. The third-order valence-electron chi connectivity index (χ3n) is 5.87. The van der Waals surface area contributed by atoms with E-state index in [0.717, 1.165) is 24.6 Å². The van der Waals surface area contributed by atoms with Gasteiger partial charge in [0.15, 0.2) is 5.96 Å². The van der Waals surface area contributed by atoms with Gasteiger partial charge in [0.1, 0.15) is 5.82 Å². The number of aliphatic imine (C=N–C) groups is 1. The second-order valence-electron chi connectivity index (χ2n) is 7.86. The van der Waals surface area contributed by atoms with Crippen LogP contribution in [0.15, 0.2) is 29.3 Å². The van der Waals surface area contributed by atoms with Gasteiger partial charge in [-0.05, 0) is 42.4 Å². The maximum Gasteiger partial charge on any atom is 0.224 e. The van der Waals surface area contributed by atoms with Crippen LogP contribution in [0.3, 0.4) is 0 Å². The number of hydrogen-bond acceptors (Lipinski definition) is 2. The number of hydrogen-bond donors (Lipinski definition) is 2. The normalized spacial score (nSPS) is 19.3. The first-order valence-corrected chi connectivity index (χ1v) is 10.1. The summed E-state index contributed by atoms with van der Waals surface area (Å²) in [6.07, 6.45) is 8.33. The molecule has 1 aliphatic heterocycles. The fraction of sp³-hybridized carbons (Fsp3) is 0.619. The molecule has 0 unspecified atom stereocenters. The van der Waals surface area contributed by atoms with E-state index >= 15 is 0 Å². The molecule has 0 atom stereocenters. The maximum absolute atomic E-state index is 12.9. The van der Waals surface area contributed by atoms with Gasteiger partial charge in [-0.3, -0.25) is 9.79 Å². The number of amides is 1. The number of carbonyl (C=O) groups excluding carboxylic acids is 1. The van der Waals surface area contributed by atoms with Crippen LogP contribution in [0.25, 0.3) is 0 Å². The van der Waals surface area contributed by atoms with Gasteiger partial charge in [-0.2, -0.15) is 0 Å². The van der Waals surface area contributed by atoms with E-state index in [9.17, 15) is 9.18 Å². The Morgan fingerprint density at radius 1 is 1.11 bits per heavy atom. The van der Waals surface area contributed by atoms with E-state index in [2.05, 4.69) is 20.5 Å². The van der Waals surface area contributed by atoms with Crippen molar-refractivity contribution in [2.24, 2.45) is 10.4 Å². The van der Waals surface area contributed by atoms with E-state index < -0.39 is 0 Å². The molecule has 1 spiro atoms. The molecular formula is C21H31FN4O. The lowest BCUT2D eigenvalue weighted by atomic mass is 9.73. The zero-order valence-electron chi connectivity index (χ0n) is 16.3. The zero-order valence-corrected chi connectivity index (χ0v) is 16.3. The smallest absolute Gasteiger partial charge is 0.224 e. The van der Waals surface area contributed by atoms with Crippen molar-refractivity contribution >= 4 is 11.9 Å². The van der Waals surface area contributed by atoms with Gasteiger partial charge >= 0.3 is 0 Å². The molecule has 148 valence electrons. The van der Waals surface area contributed by atoms with E-state index in [-0.39, 0.29) is 18.1 Å². The highest BCUT2D eigenvalue weighted by molar-refractivity contribution is 5.80. The van der Waals surface area contributed by atoms with Crippen molar-refractivity contribution in [3.05, 3.63) is 35.6 Å². The lowest BCUT2D eigenvalue weighted by molar-refractivity contribution is -0.120. The molecule has 1 saturated carbocycles. The fourth-order valence-electron chi connectivity index (χ4n) is 4.38. The molecule has 2 aliphatic rings. The molecule has 1 heterocycles. The van der Waals surface area contributed by atoms with Crippen molar-refractivity contribution in [2.75, 3.05) is 33.2 Å². The summed E-state index contributed by atoms with van der Waals surface area (Å²) >= 11 is 0. The van der Waals surface area contributed by atoms with Crippen molar-refractivity contribution in [3.8, 4) is 0 Å². The topological polar surface area (TPSA) is 56.7 Å². The average molecular weight is 375 g/mol. The van der Waals surface area contributed by atoms with Crippen LogP contribution in [0.5, 0.6) is 0 Å². The molecule has 0 aromatic heterocycles. The molecule has 1 saturated heterocycles. The highest BCUT2D eigenvalue weighted by atomic mass is 19.1. The van der Waals surface area contributed by atoms with Gasteiger partial charge < -0.3 is 15.5 Å². The van der Waals surface area contributed by atoms with Crippen molar-refractivity contribution in [1.29, 1.82) is 0 Å². The van der Waals surface area contributed by atoms with E-state index in [1.165, 1.54) is 50.7 Å². The highest BCUT2D eigenvalue weighted by Crippen LogP contribution is 2.43. The molecule has 6 heteroatoms. The number of nitrogens with zero attached hydrogens (tertiary/aromatic N) is 2. The first kappa shape index (κ1) is 19.6. The van der Waals surface area contributed by atoms with Crippen LogP contribution in [0.2, 0.25) is 0 Å². The van der Waals surface area contributed by atoms with Crippen LogP contribution in [-0.2, 0) is 11.2 Å². The predicted octanol–water partition coefficient (Wildman–Crippen LogP) is 2.72. The third kappa shape index (κ3) is 5.44. The first-order valence-electron chi connectivity index (χ1n) is 10.1. The number of guanidine groups is 1. The van der Waals surface area contributed by atoms with Crippen LogP contribution >= 0.6 is 0 Å².